The molecular formula is C21H30N2O3. The summed E-state index contributed by atoms with van der Waals surface area (Å²) in [5, 5.41) is 0. The van der Waals surface area contributed by atoms with Crippen LogP contribution in [-0.2, 0) is 9.53 Å². The first-order valence-corrected chi connectivity index (χ1v) is 9.83. The van der Waals surface area contributed by atoms with E-state index in [2.05, 4.69) is 26.0 Å². The van der Waals surface area contributed by atoms with E-state index in [-0.39, 0.29) is 17.9 Å². The van der Waals surface area contributed by atoms with Gasteiger partial charge in [-0.1, -0.05) is 50.6 Å². The Balaban J connectivity index is 1.54. The molecule has 1 unspecified atom stereocenters. The number of likely N-dealkylation sites (tertiary alicyclic amines) is 1. The fourth-order valence-electron chi connectivity index (χ4n) is 3.96. The van der Waals surface area contributed by atoms with E-state index in [0.29, 0.717) is 32.6 Å². The summed E-state index contributed by atoms with van der Waals surface area (Å²) in [4.78, 5) is 28.4. The molecule has 0 radical (unpaired) electrons. The van der Waals surface area contributed by atoms with Crippen LogP contribution in [0.4, 0.5) is 4.79 Å². The smallest absolute Gasteiger partial charge is 0.410 e. The van der Waals surface area contributed by atoms with E-state index in [1.807, 2.05) is 28.0 Å². The first kappa shape index (κ1) is 18.7. The van der Waals surface area contributed by atoms with Crippen LogP contribution in [-0.4, -0.2) is 53.6 Å². The van der Waals surface area contributed by atoms with Gasteiger partial charge in [-0.15, -0.1) is 0 Å². The van der Waals surface area contributed by atoms with Crippen LogP contribution < -0.4 is 0 Å². The zero-order chi connectivity index (χ0) is 18.6. The van der Waals surface area contributed by atoms with E-state index < -0.39 is 5.60 Å². The average Bonchev–Trinajstić information content (AvgIpc) is 2.95. The van der Waals surface area contributed by atoms with Gasteiger partial charge in [0, 0.05) is 38.9 Å². The Morgan fingerprint density at radius 3 is 2.58 bits per heavy atom. The molecule has 2 amide bonds. The molecule has 0 aliphatic carbocycles. The molecule has 2 fully saturated rings. The number of ether oxygens (including phenoxy) is 1. The summed E-state index contributed by atoms with van der Waals surface area (Å²) in [6.45, 7) is 6.93. The number of carbonyl (C=O) groups excluding carboxylic acids is 2. The van der Waals surface area contributed by atoms with Crippen LogP contribution in [0.1, 0.15) is 57.4 Å². The highest BCUT2D eigenvalue weighted by molar-refractivity contribution is 5.76. The molecular weight excluding hydrogens is 328 g/mol. The Morgan fingerprint density at radius 2 is 1.92 bits per heavy atom. The number of carbonyl (C=O) groups is 2. The minimum atomic E-state index is -0.408. The van der Waals surface area contributed by atoms with Crippen molar-refractivity contribution >= 4 is 12.0 Å². The third-order valence-electron chi connectivity index (χ3n) is 5.68. The fraction of sp³-hybridized carbons (Fsp3) is 0.619. The minimum absolute atomic E-state index is 0.210. The number of hydrogen-bond acceptors (Lipinski definition) is 3. The van der Waals surface area contributed by atoms with Crippen molar-refractivity contribution in [1.82, 2.24) is 9.80 Å². The van der Waals surface area contributed by atoms with E-state index in [1.165, 1.54) is 5.56 Å². The van der Waals surface area contributed by atoms with Crippen LogP contribution in [0.5, 0.6) is 0 Å². The standard InChI is InChI=1S/C21H30N2O3/c1-3-4-10-19(24)22-13-11-21(12-14-22)16-23(20(25)26-21)15-17(2)18-8-6-5-7-9-18/h5-9,17H,3-4,10-16H2,1-2H3. The third kappa shape index (κ3) is 4.19. The van der Waals surface area contributed by atoms with Gasteiger partial charge in [0.1, 0.15) is 5.60 Å². The summed E-state index contributed by atoms with van der Waals surface area (Å²) >= 11 is 0. The second kappa shape index (κ2) is 8.11. The number of amides is 2. The SMILES string of the molecule is CCCCC(=O)N1CCC2(CC1)CN(CC(C)c1ccccc1)C(=O)O2. The van der Waals surface area contributed by atoms with E-state index >= 15 is 0 Å². The molecule has 0 aromatic heterocycles. The van der Waals surface area contributed by atoms with E-state index in [9.17, 15) is 9.59 Å². The van der Waals surface area contributed by atoms with Crippen molar-refractivity contribution in [3.05, 3.63) is 35.9 Å². The summed E-state index contributed by atoms with van der Waals surface area (Å²) in [7, 11) is 0. The number of rotatable bonds is 6. The van der Waals surface area contributed by atoms with Gasteiger partial charge in [0.05, 0.1) is 6.54 Å². The van der Waals surface area contributed by atoms with Gasteiger partial charge in [0.25, 0.3) is 0 Å². The second-order valence-electron chi connectivity index (χ2n) is 7.73. The summed E-state index contributed by atoms with van der Waals surface area (Å²) in [5.74, 6) is 0.509. The highest BCUT2D eigenvalue weighted by Gasteiger charge is 2.47. The molecule has 0 saturated carbocycles. The number of benzene rings is 1. The maximum atomic E-state index is 12.4. The largest absolute Gasteiger partial charge is 0.441 e. The highest BCUT2D eigenvalue weighted by atomic mass is 16.6. The van der Waals surface area contributed by atoms with Gasteiger partial charge in [0.15, 0.2) is 0 Å². The Kier molecular flexibility index (Phi) is 5.84. The van der Waals surface area contributed by atoms with E-state index in [0.717, 1.165) is 25.7 Å². The van der Waals surface area contributed by atoms with E-state index in [4.69, 9.17) is 4.74 Å². The van der Waals surface area contributed by atoms with Crippen LogP contribution >= 0.6 is 0 Å². The predicted molar refractivity (Wildman–Crippen MR) is 101 cm³/mol. The summed E-state index contributed by atoms with van der Waals surface area (Å²) < 4.78 is 5.80. The molecule has 1 aromatic rings. The topological polar surface area (TPSA) is 49.9 Å². The number of nitrogens with zero attached hydrogens (tertiary/aromatic N) is 2. The first-order chi connectivity index (χ1) is 12.5. The van der Waals surface area contributed by atoms with Gasteiger partial charge >= 0.3 is 6.09 Å². The molecule has 5 nitrogen and oxygen atoms in total. The lowest BCUT2D eigenvalue weighted by atomic mass is 9.90. The average molecular weight is 358 g/mol. The highest BCUT2D eigenvalue weighted by Crippen LogP contribution is 2.34. The fourth-order valence-corrected chi connectivity index (χ4v) is 3.96. The Morgan fingerprint density at radius 1 is 1.23 bits per heavy atom. The van der Waals surface area contributed by atoms with Crippen LogP contribution in [0.3, 0.4) is 0 Å². The quantitative estimate of drug-likeness (QED) is 0.777. The molecule has 5 heteroatoms. The van der Waals surface area contributed by atoms with E-state index in [1.54, 1.807) is 0 Å². The molecule has 2 aliphatic rings. The van der Waals surface area contributed by atoms with Gasteiger partial charge < -0.3 is 14.5 Å². The normalized spacial score (nSPS) is 20.3. The van der Waals surface area contributed by atoms with Gasteiger partial charge in [-0.25, -0.2) is 4.79 Å². The first-order valence-electron chi connectivity index (χ1n) is 9.83. The van der Waals surface area contributed by atoms with Crippen molar-refractivity contribution in [2.45, 2.75) is 57.5 Å². The molecule has 1 atom stereocenters. The molecule has 3 rings (SSSR count). The Hall–Kier alpha value is -2.04. The molecule has 1 aromatic carbocycles. The summed E-state index contributed by atoms with van der Waals surface area (Å²) in [5.41, 5.74) is 0.826. The number of hydrogen-bond donors (Lipinski definition) is 0. The molecule has 26 heavy (non-hydrogen) atoms. The monoisotopic (exact) mass is 358 g/mol. The van der Waals surface area contributed by atoms with Crippen molar-refractivity contribution < 1.29 is 14.3 Å². The number of unbranched alkanes of at least 4 members (excludes halogenated alkanes) is 1. The maximum Gasteiger partial charge on any atom is 0.410 e. The molecule has 2 aliphatic heterocycles. The molecule has 2 heterocycles. The zero-order valence-corrected chi connectivity index (χ0v) is 15.9. The van der Waals surface area contributed by atoms with Crippen molar-refractivity contribution in [3.8, 4) is 0 Å². The van der Waals surface area contributed by atoms with Crippen molar-refractivity contribution in [2.75, 3.05) is 26.2 Å². The lowest BCUT2D eigenvalue weighted by Gasteiger charge is -2.37. The predicted octanol–water partition coefficient (Wildman–Crippen LogP) is 3.79. The van der Waals surface area contributed by atoms with Crippen molar-refractivity contribution in [1.29, 1.82) is 0 Å². The van der Waals surface area contributed by atoms with Crippen LogP contribution in [0.15, 0.2) is 30.3 Å². The lowest BCUT2D eigenvalue weighted by Crippen LogP contribution is -2.48. The van der Waals surface area contributed by atoms with Crippen molar-refractivity contribution in [2.24, 2.45) is 0 Å². The molecule has 0 bridgehead atoms. The van der Waals surface area contributed by atoms with Crippen molar-refractivity contribution in [3.63, 3.8) is 0 Å². The second-order valence-corrected chi connectivity index (χ2v) is 7.73. The van der Waals surface area contributed by atoms with Gasteiger partial charge in [0.2, 0.25) is 5.91 Å². The summed E-state index contributed by atoms with van der Waals surface area (Å²) in [6, 6.07) is 10.3. The summed E-state index contributed by atoms with van der Waals surface area (Å²) in [6.07, 6.45) is 3.89. The van der Waals surface area contributed by atoms with Gasteiger partial charge in [-0.2, -0.15) is 0 Å². The lowest BCUT2D eigenvalue weighted by molar-refractivity contribution is -0.134. The van der Waals surface area contributed by atoms with Crippen LogP contribution in [0.25, 0.3) is 0 Å². The maximum absolute atomic E-state index is 12.4. The molecule has 2 saturated heterocycles. The van der Waals surface area contributed by atoms with Gasteiger partial charge in [-0.05, 0) is 17.9 Å². The molecule has 142 valence electrons. The Bertz CT molecular complexity index is 623. The zero-order valence-electron chi connectivity index (χ0n) is 15.9. The molecule has 0 N–H and O–H groups in total. The Labute approximate surface area is 156 Å². The molecule has 1 spiro atoms. The van der Waals surface area contributed by atoms with Crippen LogP contribution in [0.2, 0.25) is 0 Å². The minimum Gasteiger partial charge on any atom is -0.441 e. The number of piperidine rings is 1. The third-order valence-corrected chi connectivity index (χ3v) is 5.68. The van der Waals surface area contributed by atoms with Crippen LogP contribution in [0, 0.1) is 0 Å². The van der Waals surface area contributed by atoms with Gasteiger partial charge in [-0.3, -0.25) is 4.79 Å².